The molecule has 3 rings (SSSR count). The Morgan fingerprint density at radius 1 is 1.19 bits per heavy atom. The molecule has 2 fully saturated rings. The van der Waals surface area contributed by atoms with Gasteiger partial charge in [0.15, 0.2) is 0 Å². The molecule has 7 heteroatoms. The van der Waals surface area contributed by atoms with Gasteiger partial charge < -0.3 is 19.5 Å². The predicted octanol–water partition coefficient (Wildman–Crippen LogP) is 1.03. The number of aromatic nitrogens is 2. The molecular weight excluding hydrogens is 346 g/mol. The molecule has 0 aromatic carbocycles. The zero-order valence-electron chi connectivity index (χ0n) is 16.8. The molecule has 0 bridgehead atoms. The molecule has 2 aliphatic rings. The Morgan fingerprint density at radius 2 is 1.81 bits per heavy atom. The maximum atomic E-state index is 12.2. The molecule has 0 atom stereocenters. The molecule has 0 radical (unpaired) electrons. The molecule has 0 amide bonds. The van der Waals surface area contributed by atoms with Crippen LogP contribution in [0.1, 0.15) is 39.3 Å². The van der Waals surface area contributed by atoms with Crippen molar-refractivity contribution in [3.05, 3.63) is 28.2 Å². The van der Waals surface area contributed by atoms with Gasteiger partial charge in [-0.05, 0) is 37.9 Å². The van der Waals surface area contributed by atoms with Crippen LogP contribution in [0.4, 0.5) is 0 Å². The maximum absolute atomic E-state index is 12.2. The zero-order valence-corrected chi connectivity index (χ0v) is 16.8. The van der Waals surface area contributed by atoms with Gasteiger partial charge in [-0.25, -0.2) is 4.68 Å². The van der Waals surface area contributed by atoms with Crippen molar-refractivity contribution >= 4 is 0 Å². The van der Waals surface area contributed by atoms with Crippen LogP contribution in [0.2, 0.25) is 0 Å². The van der Waals surface area contributed by atoms with Gasteiger partial charge in [0.25, 0.3) is 5.56 Å². The third-order valence-corrected chi connectivity index (χ3v) is 5.40. The van der Waals surface area contributed by atoms with E-state index in [9.17, 15) is 9.90 Å². The average Bonchev–Trinajstić information content (AvgIpc) is 2.82. The van der Waals surface area contributed by atoms with Crippen molar-refractivity contribution in [3.63, 3.8) is 0 Å². The van der Waals surface area contributed by atoms with Crippen LogP contribution < -0.4 is 5.56 Å². The van der Waals surface area contributed by atoms with E-state index in [0.717, 1.165) is 31.6 Å². The standard InChI is InChI=1S/C20H33N3O4/c1-19(2,3)17-4-5-18(24)23(21-17)12-16-6-8-22(9-7-16)13-20(25)14-26-10-11-27-15-20/h4-5,16,25H,6-15H2,1-3H3. The van der Waals surface area contributed by atoms with Crippen LogP contribution in [0.25, 0.3) is 0 Å². The van der Waals surface area contributed by atoms with Crippen molar-refractivity contribution in [1.82, 2.24) is 14.7 Å². The molecule has 2 aliphatic heterocycles. The lowest BCUT2D eigenvalue weighted by molar-refractivity contribution is -0.0781. The number of nitrogens with zero attached hydrogens (tertiary/aromatic N) is 3. The highest BCUT2D eigenvalue weighted by molar-refractivity contribution is 5.10. The van der Waals surface area contributed by atoms with Gasteiger partial charge in [0.1, 0.15) is 5.60 Å². The molecule has 0 aliphatic carbocycles. The van der Waals surface area contributed by atoms with Crippen molar-refractivity contribution in [2.45, 2.75) is 51.2 Å². The highest BCUT2D eigenvalue weighted by Crippen LogP contribution is 2.22. The summed E-state index contributed by atoms with van der Waals surface area (Å²) >= 11 is 0. The topological polar surface area (TPSA) is 76.8 Å². The highest BCUT2D eigenvalue weighted by Gasteiger charge is 2.33. The molecule has 7 nitrogen and oxygen atoms in total. The minimum absolute atomic E-state index is 0.0347. The second kappa shape index (κ2) is 8.39. The van der Waals surface area contributed by atoms with Crippen LogP contribution >= 0.6 is 0 Å². The highest BCUT2D eigenvalue weighted by atomic mass is 16.6. The van der Waals surface area contributed by atoms with Gasteiger partial charge in [-0.15, -0.1) is 0 Å². The van der Waals surface area contributed by atoms with Gasteiger partial charge >= 0.3 is 0 Å². The van der Waals surface area contributed by atoms with E-state index in [1.54, 1.807) is 10.7 Å². The molecular formula is C20H33N3O4. The summed E-state index contributed by atoms with van der Waals surface area (Å²) in [7, 11) is 0. The largest absolute Gasteiger partial charge is 0.384 e. The number of likely N-dealkylation sites (tertiary alicyclic amines) is 1. The van der Waals surface area contributed by atoms with E-state index in [-0.39, 0.29) is 11.0 Å². The Bertz CT molecular complexity index is 667. The van der Waals surface area contributed by atoms with E-state index in [0.29, 0.717) is 45.4 Å². The summed E-state index contributed by atoms with van der Waals surface area (Å²) in [5, 5.41) is 15.3. The molecule has 1 aromatic rings. The lowest BCUT2D eigenvalue weighted by Crippen LogP contribution is -2.51. The normalized spacial score (nSPS) is 22.5. The molecule has 152 valence electrons. The Balaban J connectivity index is 1.55. The number of aliphatic hydroxyl groups is 1. The van der Waals surface area contributed by atoms with Gasteiger partial charge in [-0.1, -0.05) is 20.8 Å². The number of β-amino-alcohol motifs (C(OH)–C–C–N with tert-alkyl or cyclic N) is 1. The van der Waals surface area contributed by atoms with Gasteiger partial charge in [0.2, 0.25) is 0 Å². The number of hydrogen-bond acceptors (Lipinski definition) is 6. The van der Waals surface area contributed by atoms with Crippen LogP contribution in [0.3, 0.4) is 0 Å². The van der Waals surface area contributed by atoms with Gasteiger partial charge in [0.05, 0.1) is 32.1 Å². The summed E-state index contributed by atoms with van der Waals surface area (Å²) in [5.41, 5.74) is -0.0948. The van der Waals surface area contributed by atoms with Crippen molar-refractivity contribution in [1.29, 1.82) is 0 Å². The quantitative estimate of drug-likeness (QED) is 0.842. The SMILES string of the molecule is CC(C)(C)c1ccc(=O)n(CC2CCN(CC3(O)COCCOC3)CC2)n1. The Labute approximate surface area is 161 Å². The Morgan fingerprint density at radius 3 is 2.41 bits per heavy atom. The minimum Gasteiger partial charge on any atom is -0.384 e. The predicted molar refractivity (Wildman–Crippen MR) is 103 cm³/mol. The summed E-state index contributed by atoms with van der Waals surface area (Å²) in [4.78, 5) is 14.5. The fourth-order valence-corrected chi connectivity index (χ4v) is 3.74. The van der Waals surface area contributed by atoms with E-state index in [1.165, 1.54) is 0 Å². The lowest BCUT2D eigenvalue weighted by Gasteiger charge is -2.37. The van der Waals surface area contributed by atoms with Crippen LogP contribution in [0.5, 0.6) is 0 Å². The number of rotatable bonds is 4. The molecule has 3 heterocycles. The van der Waals surface area contributed by atoms with E-state index in [2.05, 4.69) is 30.8 Å². The second-order valence-corrected chi connectivity index (χ2v) is 9.04. The van der Waals surface area contributed by atoms with Crippen LogP contribution in [-0.4, -0.2) is 71.4 Å². The molecule has 0 spiro atoms. The van der Waals surface area contributed by atoms with Crippen LogP contribution in [0.15, 0.2) is 16.9 Å². The molecule has 27 heavy (non-hydrogen) atoms. The van der Waals surface area contributed by atoms with Crippen LogP contribution in [-0.2, 0) is 21.4 Å². The van der Waals surface area contributed by atoms with E-state index in [1.807, 2.05) is 6.07 Å². The Hall–Kier alpha value is -1.28. The molecule has 0 unspecified atom stereocenters. The first kappa shape index (κ1) is 20.5. The number of ether oxygens (including phenoxy) is 2. The summed E-state index contributed by atoms with van der Waals surface area (Å²) < 4.78 is 12.5. The lowest BCUT2D eigenvalue weighted by atomic mass is 9.92. The monoisotopic (exact) mass is 379 g/mol. The fraction of sp³-hybridized carbons (Fsp3) is 0.800. The van der Waals surface area contributed by atoms with E-state index < -0.39 is 5.60 Å². The first-order valence-electron chi connectivity index (χ1n) is 9.94. The zero-order chi connectivity index (χ0) is 19.5. The third kappa shape index (κ3) is 5.60. The molecule has 1 N–H and O–H groups in total. The van der Waals surface area contributed by atoms with Gasteiger partial charge in [-0.2, -0.15) is 5.10 Å². The first-order chi connectivity index (χ1) is 12.8. The average molecular weight is 380 g/mol. The van der Waals surface area contributed by atoms with Crippen molar-refractivity contribution in [2.24, 2.45) is 5.92 Å². The third-order valence-electron chi connectivity index (χ3n) is 5.40. The maximum Gasteiger partial charge on any atom is 0.266 e. The Kier molecular flexibility index (Phi) is 6.35. The fourth-order valence-electron chi connectivity index (χ4n) is 3.74. The molecule has 1 aromatic heterocycles. The van der Waals surface area contributed by atoms with Gasteiger partial charge in [0, 0.05) is 24.6 Å². The molecule has 0 saturated carbocycles. The van der Waals surface area contributed by atoms with E-state index in [4.69, 9.17) is 9.47 Å². The van der Waals surface area contributed by atoms with Crippen molar-refractivity contribution < 1.29 is 14.6 Å². The van der Waals surface area contributed by atoms with Crippen LogP contribution in [0, 0.1) is 5.92 Å². The summed E-state index contributed by atoms with van der Waals surface area (Å²) in [6.07, 6.45) is 1.98. The summed E-state index contributed by atoms with van der Waals surface area (Å²) in [6.45, 7) is 11.1. The molecule has 2 saturated heterocycles. The minimum atomic E-state index is -0.928. The number of hydrogen-bond donors (Lipinski definition) is 1. The van der Waals surface area contributed by atoms with Crippen molar-refractivity contribution in [3.8, 4) is 0 Å². The van der Waals surface area contributed by atoms with E-state index >= 15 is 0 Å². The smallest absolute Gasteiger partial charge is 0.266 e. The van der Waals surface area contributed by atoms with Crippen molar-refractivity contribution in [2.75, 3.05) is 46.1 Å². The number of piperidine rings is 1. The summed E-state index contributed by atoms with van der Waals surface area (Å²) in [6, 6.07) is 3.46. The summed E-state index contributed by atoms with van der Waals surface area (Å²) in [5.74, 6) is 0.429. The van der Waals surface area contributed by atoms with Gasteiger partial charge in [-0.3, -0.25) is 4.79 Å². The second-order valence-electron chi connectivity index (χ2n) is 9.04. The first-order valence-corrected chi connectivity index (χ1v) is 9.94.